The fourth-order valence-electron chi connectivity index (χ4n) is 1.85. The van der Waals surface area contributed by atoms with E-state index in [0.717, 1.165) is 0 Å². The molecule has 1 heterocycles. The van der Waals surface area contributed by atoms with E-state index in [4.69, 9.17) is 4.52 Å². The number of hydrogen-bond donors (Lipinski definition) is 0. The van der Waals surface area contributed by atoms with Crippen molar-refractivity contribution >= 4 is 0 Å². The van der Waals surface area contributed by atoms with Crippen LogP contribution in [0.2, 0.25) is 0 Å². The van der Waals surface area contributed by atoms with Gasteiger partial charge < -0.3 is 4.52 Å². The van der Waals surface area contributed by atoms with Gasteiger partial charge in [-0.25, -0.2) is 8.78 Å². The second-order valence-corrected chi connectivity index (χ2v) is 3.99. The molecule has 0 unspecified atom stereocenters. The first-order valence-corrected chi connectivity index (χ1v) is 5.56. The van der Waals surface area contributed by atoms with Gasteiger partial charge in [-0.3, -0.25) is 0 Å². The summed E-state index contributed by atoms with van der Waals surface area (Å²) < 4.78 is 31.7. The summed E-state index contributed by atoms with van der Waals surface area (Å²) in [5, 5.41) is 3.48. The Bertz CT molecular complexity index is 711. The number of aromatic nitrogens is 2. The smallest absolute Gasteiger partial charge is 0.257 e. The zero-order valence-corrected chi connectivity index (χ0v) is 9.68. The molecule has 0 radical (unpaired) electrons. The molecule has 1 aromatic heterocycles. The van der Waals surface area contributed by atoms with E-state index in [2.05, 4.69) is 10.1 Å². The molecule has 0 atom stereocenters. The van der Waals surface area contributed by atoms with Crippen molar-refractivity contribution in [1.82, 2.24) is 10.1 Å². The second-order valence-electron chi connectivity index (χ2n) is 3.99. The fraction of sp³-hybridized carbons (Fsp3) is 0. The molecule has 0 saturated carbocycles. The summed E-state index contributed by atoms with van der Waals surface area (Å²) in [6.45, 7) is 0. The summed E-state index contributed by atoms with van der Waals surface area (Å²) in [6, 6.07) is 10.2. The molecule has 0 bridgehead atoms. The number of nitrogens with zero attached hydrogens (tertiary/aromatic N) is 2. The highest BCUT2D eigenvalue weighted by Crippen LogP contribution is 2.27. The molecular formula is C14H8F2N2O. The number of halogens is 2. The molecule has 0 amide bonds. The van der Waals surface area contributed by atoms with Gasteiger partial charge >= 0.3 is 0 Å². The van der Waals surface area contributed by atoms with Crippen molar-refractivity contribution in [2.45, 2.75) is 0 Å². The Morgan fingerprint density at radius 2 is 1.63 bits per heavy atom. The molecular weight excluding hydrogens is 250 g/mol. The lowest BCUT2D eigenvalue weighted by molar-refractivity contribution is 0.430. The lowest BCUT2D eigenvalue weighted by Crippen LogP contribution is -1.86. The van der Waals surface area contributed by atoms with E-state index in [1.807, 2.05) is 0 Å². The van der Waals surface area contributed by atoms with Crippen LogP contribution in [-0.4, -0.2) is 10.1 Å². The van der Waals surface area contributed by atoms with E-state index in [-0.39, 0.29) is 11.7 Å². The summed E-state index contributed by atoms with van der Waals surface area (Å²) in [6.07, 6.45) is 1.24. The normalized spacial score (nSPS) is 10.6. The van der Waals surface area contributed by atoms with Gasteiger partial charge in [-0.2, -0.15) is 4.98 Å². The van der Waals surface area contributed by atoms with Crippen LogP contribution < -0.4 is 0 Å². The maximum absolute atomic E-state index is 13.6. The van der Waals surface area contributed by atoms with E-state index < -0.39 is 5.82 Å². The number of hydrogen-bond acceptors (Lipinski definition) is 3. The third-order valence-corrected chi connectivity index (χ3v) is 2.66. The van der Waals surface area contributed by atoms with E-state index in [9.17, 15) is 8.78 Å². The molecule has 3 rings (SSSR count). The lowest BCUT2D eigenvalue weighted by Gasteiger charge is -2.04. The predicted molar refractivity (Wildman–Crippen MR) is 65.1 cm³/mol. The summed E-state index contributed by atoms with van der Waals surface area (Å²) in [7, 11) is 0. The zero-order valence-electron chi connectivity index (χ0n) is 9.68. The van der Waals surface area contributed by atoms with Gasteiger partial charge in [-0.15, -0.1) is 0 Å². The summed E-state index contributed by atoms with van der Waals surface area (Å²) >= 11 is 0. The highest BCUT2D eigenvalue weighted by Gasteiger charge is 2.09. The average molecular weight is 258 g/mol. The van der Waals surface area contributed by atoms with Crippen molar-refractivity contribution in [3.63, 3.8) is 0 Å². The van der Waals surface area contributed by atoms with Crippen LogP contribution in [0.3, 0.4) is 0 Å². The molecule has 0 saturated heterocycles. The molecule has 2 aromatic carbocycles. The topological polar surface area (TPSA) is 38.9 Å². The molecule has 3 nitrogen and oxygen atoms in total. The first-order valence-electron chi connectivity index (χ1n) is 5.56. The van der Waals surface area contributed by atoms with Crippen LogP contribution in [0.15, 0.2) is 53.3 Å². The summed E-state index contributed by atoms with van der Waals surface area (Å²) in [5.41, 5.74) is 1.59. The standard InChI is InChI=1S/C14H8F2N2O/c15-12-3-1-2-9(5-12)10-4-11(7-13(16)6-10)14-17-8-18-19-14/h1-8H. The molecule has 0 aliphatic carbocycles. The summed E-state index contributed by atoms with van der Waals surface area (Å²) in [4.78, 5) is 3.86. The number of benzene rings is 2. The van der Waals surface area contributed by atoms with Crippen LogP contribution in [-0.2, 0) is 0 Å². The number of rotatable bonds is 2. The van der Waals surface area contributed by atoms with E-state index >= 15 is 0 Å². The summed E-state index contributed by atoms with van der Waals surface area (Å²) in [5.74, 6) is -0.604. The Morgan fingerprint density at radius 1 is 0.842 bits per heavy atom. The van der Waals surface area contributed by atoms with E-state index in [1.54, 1.807) is 18.2 Å². The highest BCUT2D eigenvalue weighted by molar-refractivity contribution is 5.69. The molecule has 0 aliphatic rings. The Hall–Kier alpha value is -2.56. The van der Waals surface area contributed by atoms with Gasteiger partial charge in [0.25, 0.3) is 5.89 Å². The molecule has 0 fully saturated rings. The molecule has 0 N–H and O–H groups in total. The van der Waals surface area contributed by atoms with Crippen LogP contribution >= 0.6 is 0 Å². The van der Waals surface area contributed by atoms with Crippen LogP contribution in [0, 0.1) is 11.6 Å². The molecule has 3 aromatic rings. The Morgan fingerprint density at radius 3 is 2.37 bits per heavy atom. The van der Waals surface area contributed by atoms with Gasteiger partial charge in [0.05, 0.1) is 0 Å². The maximum atomic E-state index is 13.6. The van der Waals surface area contributed by atoms with Crippen molar-refractivity contribution < 1.29 is 13.3 Å². The molecule has 19 heavy (non-hydrogen) atoms. The van der Waals surface area contributed by atoms with Crippen molar-refractivity contribution in [1.29, 1.82) is 0 Å². The minimum atomic E-state index is -0.449. The average Bonchev–Trinajstić information content (AvgIpc) is 2.92. The Balaban J connectivity index is 2.12. The van der Waals surface area contributed by atoms with Crippen molar-refractivity contribution in [2.75, 3.05) is 0 Å². The van der Waals surface area contributed by atoms with Crippen LogP contribution in [0.5, 0.6) is 0 Å². The monoisotopic (exact) mass is 258 g/mol. The Kier molecular flexibility index (Phi) is 2.79. The first-order chi connectivity index (χ1) is 9.22. The molecule has 0 spiro atoms. The minimum Gasteiger partial charge on any atom is -0.334 e. The third-order valence-electron chi connectivity index (χ3n) is 2.66. The van der Waals surface area contributed by atoms with Crippen LogP contribution in [0.4, 0.5) is 8.78 Å². The van der Waals surface area contributed by atoms with Crippen molar-refractivity contribution in [3.05, 3.63) is 60.4 Å². The zero-order chi connectivity index (χ0) is 13.2. The van der Waals surface area contributed by atoms with Crippen molar-refractivity contribution in [2.24, 2.45) is 0 Å². The van der Waals surface area contributed by atoms with Gasteiger partial charge in [-0.05, 0) is 41.5 Å². The van der Waals surface area contributed by atoms with Gasteiger partial charge in [0.1, 0.15) is 11.6 Å². The van der Waals surface area contributed by atoms with E-state index in [1.165, 1.54) is 30.6 Å². The predicted octanol–water partition coefficient (Wildman–Crippen LogP) is 3.68. The molecule has 0 aliphatic heterocycles. The highest BCUT2D eigenvalue weighted by atomic mass is 19.1. The molecule has 5 heteroatoms. The fourth-order valence-corrected chi connectivity index (χ4v) is 1.85. The largest absolute Gasteiger partial charge is 0.334 e. The second kappa shape index (κ2) is 4.61. The Labute approximate surface area is 107 Å². The van der Waals surface area contributed by atoms with Crippen LogP contribution in [0.1, 0.15) is 0 Å². The van der Waals surface area contributed by atoms with Gasteiger partial charge in [-0.1, -0.05) is 17.3 Å². The minimum absolute atomic E-state index is 0.220. The SMILES string of the molecule is Fc1cccc(-c2cc(F)cc(-c3ncno3)c2)c1. The van der Waals surface area contributed by atoms with Crippen LogP contribution in [0.25, 0.3) is 22.6 Å². The van der Waals surface area contributed by atoms with Gasteiger partial charge in [0.2, 0.25) is 0 Å². The quantitative estimate of drug-likeness (QED) is 0.703. The van der Waals surface area contributed by atoms with Gasteiger partial charge in [0.15, 0.2) is 6.33 Å². The first kappa shape index (κ1) is 11.5. The molecule has 94 valence electrons. The van der Waals surface area contributed by atoms with E-state index in [0.29, 0.717) is 16.7 Å². The third kappa shape index (κ3) is 2.35. The lowest BCUT2D eigenvalue weighted by atomic mass is 10.0. The van der Waals surface area contributed by atoms with Crippen molar-refractivity contribution in [3.8, 4) is 22.6 Å². The maximum Gasteiger partial charge on any atom is 0.257 e. The van der Waals surface area contributed by atoms with Gasteiger partial charge in [0, 0.05) is 5.56 Å².